The molecule has 8 heteroatoms. The van der Waals surface area contributed by atoms with Crippen molar-refractivity contribution in [3.8, 4) is 0 Å². The number of likely N-dealkylation sites (tertiary alicyclic amines) is 1. The minimum absolute atomic E-state index is 0.144. The quantitative estimate of drug-likeness (QED) is 0.269. The van der Waals surface area contributed by atoms with Crippen LogP contribution in [0.1, 0.15) is 30.4 Å². The van der Waals surface area contributed by atoms with E-state index in [1.54, 1.807) is 35.2 Å². The number of carbonyl (C=O) groups excluding carboxylic acids is 3. The van der Waals surface area contributed by atoms with Crippen LogP contribution in [-0.2, 0) is 19.1 Å². The number of nitrogens with one attached hydrogen (secondary N) is 1. The van der Waals surface area contributed by atoms with Crippen LogP contribution in [-0.4, -0.2) is 48.9 Å². The first-order valence-corrected chi connectivity index (χ1v) is 10.7. The van der Waals surface area contributed by atoms with Gasteiger partial charge in [0.25, 0.3) is 5.91 Å². The summed E-state index contributed by atoms with van der Waals surface area (Å²) in [4.78, 5) is 38.1. The molecule has 1 saturated heterocycles. The monoisotopic (exact) mass is 458 g/mol. The Hall–Kier alpha value is -3.19. The van der Waals surface area contributed by atoms with Crippen LogP contribution in [0.25, 0.3) is 11.6 Å². The molecule has 168 valence electrons. The standard InChI is InChI=1S/C24H24ClFN2O4/c25-19-8-4-17(5-9-19)15-21(18-6-10-20(26)11-7-18)24(31)32-16-22(29)27-12-2-14-28-13-1-3-23(28)30/h4-11,15H,1-3,12-14,16H2,(H,27,29)/b21-15-. The first kappa shape index (κ1) is 23.5. The van der Waals surface area contributed by atoms with Crippen molar-refractivity contribution in [2.24, 2.45) is 0 Å². The van der Waals surface area contributed by atoms with Gasteiger partial charge in [-0.25, -0.2) is 9.18 Å². The van der Waals surface area contributed by atoms with Gasteiger partial charge in [-0.3, -0.25) is 9.59 Å². The second-order valence-corrected chi connectivity index (χ2v) is 7.82. The molecule has 0 spiro atoms. The summed E-state index contributed by atoms with van der Waals surface area (Å²) in [5.41, 5.74) is 1.35. The Morgan fingerprint density at radius 1 is 1.12 bits per heavy atom. The largest absolute Gasteiger partial charge is 0.452 e. The van der Waals surface area contributed by atoms with Gasteiger partial charge in [0.15, 0.2) is 6.61 Å². The van der Waals surface area contributed by atoms with Crippen LogP contribution in [0.2, 0.25) is 5.02 Å². The van der Waals surface area contributed by atoms with E-state index in [-0.39, 0.29) is 11.5 Å². The summed E-state index contributed by atoms with van der Waals surface area (Å²) in [6.45, 7) is 1.29. The molecular formula is C24H24ClFN2O4. The van der Waals surface area contributed by atoms with E-state index in [0.717, 1.165) is 13.0 Å². The Labute approximate surface area is 191 Å². The van der Waals surface area contributed by atoms with Crippen molar-refractivity contribution < 1.29 is 23.5 Å². The Bertz CT molecular complexity index is 990. The second kappa shape index (κ2) is 11.4. The second-order valence-electron chi connectivity index (χ2n) is 7.38. The molecule has 1 aliphatic heterocycles. The van der Waals surface area contributed by atoms with Gasteiger partial charge in [-0.2, -0.15) is 0 Å². The first-order valence-electron chi connectivity index (χ1n) is 10.4. The molecule has 0 radical (unpaired) electrons. The van der Waals surface area contributed by atoms with Gasteiger partial charge in [0, 0.05) is 31.1 Å². The van der Waals surface area contributed by atoms with Gasteiger partial charge in [-0.1, -0.05) is 35.9 Å². The molecule has 2 amide bonds. The van der Waals surface area contributed by atoms with Gasteiger partial charge >= 0.3 is 5.97 Å². The van der Waals surface area contributed by atoms with Crippen LogP contribution in [0.3, 0.4) is 0 Å². The number of ether oxygens (including phenoxy) is 1. The van der Waals surface area contributed by atoms with E-state index in [1.807, 2.05) is 0 Å². The molecule has 0 unspecified atom stereocenters. The summed E-state index contributed by atoms with van der Waals surface area (Å²) in [6.07, 6.45) is 3.68. The number of halogens is 2. The SMILES string of the molecule is O=C(COC(=O)/C(=C\c1ccc(Cl)cc1)c1ccc(F)cc1)NCCCN1CCCC1=O. The number of nitrogens with zero attached hydrogens (tertiary/aromatic N) is 1. The molecule has 2 aromatic carbocycles. The van der Waals surface area contributed by atoms with Crippen LogP contribution < -0.4 is 5.32 Å². The summed E-state index contributed by atoms with van der Waals surface area (Å²) in [6, 6.07) is 12.3. The van der Waals surface area contributed by atoms with Crippen LogP contribution in [0.15, 0.2) is 48.5 Å². The fourth-order valence-electron chi connectivity index (χ4n) is 3.31. The smallest absolute Gasteiger partial charge is 0.339 e. The van der Waals surface area contributed by atoms with Crippen molar-refractivity contribution in [1.82, 2.24) is 10.2 Å². The predicted molar refractivity (Wildman–Crippen MR) is 120 cm³/mol. The highest BCUT2D eigenvalue weighted by Gasteiger charge is 2.19. The Morgan fingerprint density at radius 2 is 1.84 bits per heavy atom. The third-order valence-electron chi connectivity index (χ3n) is 4.99. The molecule has 1 N–H and O–H groups in total. The molecule has 0 bridgehead atoms. The zero-order valence-corrected chi connectivity index (χ0v) is 18.2. The molecule has 0 saturated carbocycles. The van der Waals surface area contributed by atoms with E-state index in [9.17, 15) is 18.8 Å². The van der Waals surface area contributed by atoms with Crippen LogP contribution >= 0.6 is 11.6 Å². The maximum Gasteiger partial charge on any atom is 0.339 e. The maximum atomic E-state index is 13.3. The third kappa shape index (κ3) is 6.92. The van der Waals surface area contributed by atoms with Crippen molar-refractivity contribution in [3.05, 3.63) is 70.5 Å². The van der Waals surface area contributed by atoms with Crippen LogP contribution in [0, 0.1) is 5.82 Å². The molecule has 1 fully saturated rings. The van der Waals surface area contributed by atoms with Crippen molar-refractivity contribution in [1.29, 1.82) is 0 Å². The van der Waals surface area contributed by atoms with E-state index in [4.69, 9.17) is 16.3 Å². The van der Waals surface area contributed by atoms with Crippen molar-refractivity contribution >= 4 is 41.0 Å². The zero-order chi connectivity index (χ0) is 22.9. The minimum Gasteiger partial charge on any atom is -0.452 e. The topological polar surface area (TPSA) is 75.7 Å². The maximum absolute atomic E-state index is 13.3. The lowest BCUT2D eigenvalue weighted by atomic mass is 10.0. The normalized spacial score (nSPS) is 13.9. The van der Waals surface area contributed by atoms with Crippen LogP contribution in [0.4, 0.5) is 4.39 Å². The molecule has 6 nitrogen and oxygen atoms in total. The number of rotatable bonds is 9. The highest BCUT2D eigenvalue weighted by Crippen LogP contribution is 2.21. The lowest BCUT2D eigenvalue weighted by molar-refractivity contribution is -0.142. The minimum atomic E-state index is -0.704. The van der Waals surface area contributed by atoms with Gasteiger partial charge in [-0.15, -0.1) is 0 Å². The van der Waals surface area contributed by atoms with Crippen LogP contribution in [0.5, 0.6) is 0 Å². The first-order chi connectivity index (χ1) is 15.4. The summed E-state index contributed by atoms with van der Waals surface area (Å²) in [5, 5.41) is 3.24. The van der Waals surface area contributed by atoms with Gasteiger partial charge < -0.3 is 15.0 Å². The number of benzene rings is 2. The summed E-state index contributed by atoms with van der Waals surface area (Å²) < 4.78 is 18.5. The van der Waals surface area contributed by atoms with Gasteiger partial charge in [0.05, 0.1) is 5.57 Å². The Kier molecular flexibility index (Phi) is 8.39. The molecule has 0 atom stereocenters. The molecule has 2 aromatic rings. The highest BCUT2D eigenvalue weighted by molar-refractivity contribution is 6.30. The van der Waals surface area contributed by atoms with Gasteiger partial charge in [0.2, 0.25) is 5.91 Å². The van der Waals surface area contributed by atoms with E-state index in [0.29, 0.717) is 42.1 Å². The van der Waals surface area contributed by atoms with E-state index in [1.165, 1.54) is 24.3 Å². The molecule has 0 aliphatic carbocycles. The Morgan fingerprint density at radius 3 is 2.50 bits per heavy atom. The fraction of sp³-hybridized carbons (Fsp3) is 0.292. The number of hydrogen-bond acceptors (Lipinski definition) is 4. The number of esters is 1. The van der Waals surface area contributed by atoms with Gasteiger partial charge in [-0.05, 0) is 54.3 Å². The average molecular weight is 459 g/mol. The molecule has 0 aromatic heterocycles. The van der Waals surface area contributed by atoms with Crippen molar-refractivity contribution in [3.63, 3.8) is 0 Å². The average Bonchev–Trinajstić information content (AvgIpc) is 3.20. The third-order valence-corrected chi connectivity index (χ3v) is 5.24. The van der Waals surface area contributed by atoms with E-state index >= 15 is 0 Å². The highest BCUT2D eigenvalue weighted by atomic mass is 35.5. The molecule has 3 rings (SSSR count). The zero-order valence-electron chi connectivity index (χ0n) is 17.5. The number of amides is 2. The molecule has 32 heavy (non-hydrogen) atoms. The van der Waals surface area contributed by atoms with Gasteiger partial charge in [0.1, 0.15) is 5.82 Å². The summed E-state index contributed by atoms with van der Waals surface area (Å²) in [7, 11) is 0. The summed E-state index contributed by atoms with van der Waals surface area (Å²) >= 11 is 5.91. The lowest BCUT2D eigenvalue weighted by Crippen LogP contribution is -2.33. The Balaban J connectivity index is 1.56. The van der Waals surface area contributed by atoms with E-state index < -0.39 is 24.3 Å². The molecular weight excluding hydrogens is 435 g/mol. The molecule has 1 aliphatic rings. The molecule has 1 heterocycles. The fourth-order valence-corrected chi connectivity index (χ4v) is 3.44. The van der Waals surface area contributed by atoms with Crippen molar-refractivity contribution in [2.75, 3.05) is 26.2 Å². The van der Waals surface area contributed by atoms with Crippen molar-refractivity contribution in [2.45, 2.75) is 19.3 Å². The lowest BCUT2D eigenvalue weighted by Gasteiger charge is -2.15. The van der Waals surface area contributed by atoms with E-state index in [2.05, 4.69) is 5.32 Å². The predicted octanol–water partition coefficient (Wildman–Crippen LogP) is 3.69. The summed E-state index contributed by atoms with van der Waals surface area (Å²) in [5.74, 6) is -1.42. The number of carbonyl (C=O) groups is 3. The number of hydrogen-bond donors (Lipinski definition) is 1.